The van der Waals surface area contributed by atoms with Crippen LogP contribution in [0.4, 0.5) is 0 Å². The zero-order valence-corrected chi connectivity index (χ0v) is 19.6. The Kier molecular flexibility index (Phi) is 9.24. The van der Waals surface area contributed by atoms with E-state index in [1.165, 1.54) is 14.2 Å². The van der Waals surface area contributed by atoms with Crippen molar-refractivity contribution in [1.29, 1.82) is 0 Å². The number of ether oxygens (including phenoxy) is 4. The molecule has 0 aromatic heterocycles. The molecule has 3 rings (SSSR count). The Balaban J connectivity index is 1.87. The lowest BCUT2D eigenvalue weighted by atomic mass is 10.1. The van der Waals surface area contributed by atoms with Crippen LogP contribution in [0.25, 0.3) is 0 Å². The van der Waals surface area contributed by atoms with Gasteiger partial charge in [-0.2, -0.15) is 0 Å². The topological polar surface area (TPSA) is 100 Å². The van der Waals surface area contributed by atoms with Crippen LogP contribution in [-0.2, 0) is 32.3 Å². The zero-order valence-electron chi connectivity index (χ0n) is 19.6. The van der Waals surface area contributed by atoms with E-state index >= 15 is 0 Å². The molecule has 0 aliphatic rings. The molecule has 3 aromatic carbocycles. The number of rotatable bonds is 11. The van der Waals surface area contributed by atoms with Gasteiger partial charge in [0.1, 0.15) is 19.3 Å². The minimum absolute atomic E-state index is 0.144. The summed E-state index contributed by atoms with van der Waals surface area (Å²) in [6.45, 7) is 0.455. The number of carbonyl (C=O) groups is 3. The summed E-state index contributed by atoms with van der Waals surface area (Å²) in [5.74, 6) is -1.49. The van der Waals surface area contributed by atoms with Gasteiger partial charge in [0.2, 0.25) is 0 Å². The lowest BCUT2D eigenvalue weighted by molar-refractivity contribution is -0.149. The Morgan fingerprint density at radius 3 is 1.91 bits per heavy atom. The summed E-state index contributed by atoms with van der Waals surface area (Å²) in [5.41, 5.74) is 1.99. The van der Waals surface area contributed by atoms with Crippen LogP contribution < -0.4 is 14.8 Å². The molecule has 35 heavy (non-hydrogen) atoms. The van der Waals surface area contributed by atoms with Crippen LogP contribution in [0.3, 0.4) is 0 Å². The first-order valence-corrected chi connectivity index (χ1v) is 10.9. The summed E-state index contributed by atoms with van der Waals surface area (Å²) in [7, 11) is 2.37. The maximum atomic E-state index is 13.2. The van der Waals surface area contributed by atoms with E-state index in [1.54, 1.807) is 18.2 Å². The highest BCUT2D eigenvalue weighted by Gasteiger charge is 2.27. The van der Waals surface area contributed by atoms with Gasteiger partial charge in [0.25, 0.3) is 5.91 Å². The van der Waals surface area contributed by atoms with E-state index in [1.807, 2.05) is 60.7 Å². The Bertz CT molecular complexity index is 1130. The lowest BCUT2D eigenvalue weighted by Gasteiger charge is -2.19. The van der Waals surface area contributed by atoms with Gasteiger partial charge in [-0.3, -0.25) is 9.59 Å². The molecule has 0 radical (unpaired) electrons. The smallest absolute Gasteiger partial charge is 0.328 e. The van der Waals surface area contributed by atoms with Gasteiger partial charge in [-0.15, -0.1) is 0 Å². The fourth-order valence-corrected chi connectivity index (χ4v) is 3.24. The predicted molar refractivity (Wildman–Crippen MR) is 128 cm³/mol. The number of hydrogen-bond acceptors (Lipinski definition) is 7. The molecule has 0 aliphatic heterocycles. The summed E-state index contributed by atoms with van der Waals surface area (Å²) in [6, 6.07) is 22.7. The van der Waals surface area contributed by atoms with Crippen LogP contribution in [0.15, 0.2) is 78.9 Å². The Morgan fingerprint density at radius 2 is 1.34 bits per heavy atom. The number of para-hydroxylation sites is 1. The summed E-state index contributed by atoms with van der Waals surface area (Å²) >= 11 is 0. The molecule has 0 aliphatic carbocycles. The van der Waals surface area contributed by atoms with Gasteiger partial charge in [-0.25, -0.2) is 4.79 Å². The predicted octanol–water partition coefficient (Wildman–Crippen LogP) is 3.68. The highest BCUT2D eigenvalue weighted by atomic mass is 16.5. The van der Waals surface area contributed by atoms with E-state index in [9.17, 15) is 14.4 Å². The first-order valence-electron chi connectivity index (χ1n) is 10.9. The van der Waals surface area contributed by atoms with Crippen LogP contribution in [0.2, 0.25) is 0 Å². The van der Waals surface area contributed by atoms with Crippen molar-refractivity contribution in [3.05, 3.63) is 95.6 Å². The second kappa shape index (κ2) is 12.8. The maximum absolute atomic E-state index is 13.2. The summed E-state index contributed by atoms with van der Waals surface area (Å²) in [6.07, 6.45) is -0.376. The van der Waals surface area contributed by atoms with Crippen molar-refractivity contribution in [2.75, 3.05) is 14.2 Å². The Hall–Kier alpha value is -4.33. The van der Waals surface area contributed by atoms with Gasteiger partial charge in [-0.05, 0) is 23.3 Å². The van der Waals surface area contributed by atoms with Crippen LogP contribution in [0.1, 0.15) is 27.9 Å². The fourth-order valence-electron chi connectivity index (χ4n) is 3.24. The molecule has 0 saturated carbocycles. The Labute approximate surface area is 203 Å². The first-order chi connectivity index (χ1) is 17.0. The number of esters is 2. The Morgan fingerprint density at radius 1 is 0.743 bits per heavy atom. The molecule has 0 unspecified atom stereocenters. The molecule has 1 N–H and O–H groups in total. The molecule has 8 heteroatoms. The minimum atomic E-state index is -1.23. The molecule has 1 amide bonds. The monoisotopic (exact) mass is 477 g/mol. The number of nitrogens with one attached hydrogen (secondary N) is 1. The van der Waals surface area contributed by atoms with Crippen LogP contribution >= 0.6 is 0 Å². The van der Waals surface area contributed by atoms with E-state index in [0.29, 0.717) is 5.75 Å². The third kappa shape index (κ3) is 7.33. The molecule has 0 spiro atoms. The number of hydrogen-bond donors (Lipinski definition) is 1. The summed E-state index contributed by atoms with van der Waals surface area (Å²) in [5, 5.41) is 2.54. The van der Waals surface area contributed by atoms with Gasteiger partial charge in [0, 0.05) is 0 Å². The van der Waals surface area contributed by atoms with Crippen molar-refractivity contribution in [3.63, 3.8) is 0 Å². The fraction of sp³-hybridized carbons (Fsp3) is 0.222. The molecule has 1 atom stereocenters. The van der Waals surface area contributed by atoms with Gasteiger partial charge in [-0.1, -0.05) is 66.7 Å². The molecule has 0 heterocycles. The van der Waals surface area contributed by atoms with Crippen molar-refractivity contribution in [2.45, 2.75) is 25.7 Å². The SMILES string of the molecule is COC(=O)C[C@@H](NC(=O)c1cccc(OCc2ccccc2)c1OCc1ccccc1)C(=O)OC. The molecule has 0 saturated heterocycles. The van der Waals surface area contributed by atoms with Crippen molar-refractivity contribution in [2.24, 2.45) is 0 Å². The van der Waals surface area contributed by atoms with Gasteiger partial charge in [0.15, 0.2) is 11.5 Å². The van der Waals surface area contributed by atoms with Gasteiger partial charge in [0.05, 0.1) is 26.2 Å². The second-order valence-electron chi connectivity index (χ2n) is 7.51. The van der Waals surface area contributed by atoms with Crippen LogP contribution in [0, 0.1) is 0 Å². The highest BCUT2D eigenvalue weighted by Crippen LogP contribution is 2.33. The van der Waals surface area contributed by atoms with E-state index in [4.69, 9.17) is 14.2 Å². The highest BCUT2D eigenvalue weighted by molar-refractivity contribution is 6.00. The molecule has 8 nitrogen and oxygen atoms in total. The number of methoxy groups -OCH3 is 2. The quantitative estimate of drug-likeness (QED) is 0.421. The molecule has 0 fully saturated rings. The average molecular weight is 478 g/mol. The van der Waals surface area contributed by atoms with Crippen molar-refractivity contribution in [1.82, 2.24) is 5.32 Å². The lowest BCUT2D eigenvalue weighted by Crippen LogP contribution is -2.43. The van der Waals surface area contributed by atoms with Crippen molar-refractivity contribution < 1.29 is 33.3 Å². The molecular weight excluding hydrogens is 450 g/mol. The zero-order chi connectivity index (χ0) is 25.0. The summed E-state index contributed by atoms with van der Waals surface area (Å²) < 4.78 is 21.4. The van der Waals surface area contributed by atoms with E-state index in [-0.39, 0.29) is 30.9 Å². The molecule has 3 aromatic rings. The van der Waals surface area contributed by atoms with E-state index in [0.717, 1.165) is 11.1 Å². The van der Waals surface area contributed by atoms with Crippen molar-refractivity contribution >= 4 is 17.8 Å². The average Bonchev–Trinajstić information content (AvgIpc) is 2.90. The van der Waals surface area contributed by atoms with Crippen LogP contribution in [-0.4, -0.2) is 38.1 Å². The summed E-state index contributed by atoms with van der Waals surface area (Å²) in [4.78, 5) is 37.1. The standard InChI is InChI=1S/C27H27NO7/c1-32-24(29)16-22(27(31)33-2)28-26(30)21-14-9-15-23(34-17-19-10-5-3-6-11-19)25(21)35-18-20-12-7-4-8-13-20/h3-15,22H,16-18H2,1-2H3,(H,28,30)/t22-/m1/s1. The second-order valence-corrected chi connectivity index (χ2v) is 7.51. The van der Waals surface area contributed by atoms with Crippen molar-refractivity contribution in [3.8, 4) is 11.5 Å². The third-order valence-corrected chi connectivity index (χ3v) is 5.08. The largest absolute Gasteiger partial charge is 0.485 e. The molecule has 0 bridgehead atoms. The number of carbonyl (C=O) groups excluding carboxylic acids is 3. The minimum Gasteiger partial charge on any atom is -0.485 e. The first kappa shape index (κ1) is 25.3. The molecule has 182 valence electrons. The maximum Gasteiger partial charge on any atom is 0.328 e. The van der Waals surface area contributed by atoms with E-state index < -0.39 is 23.9 Å². The van der Waals surface area contributed by atoms with Gasteiger partial charge >= 0.3 is 11.9 Å². The number of amides is 1. The molecular formula is C27H27NO7. The third-order valence-electron chi connectivity index (χ3n) is 5.08. The number of benzene rings is 3. The van der Waals surface area contributed by atoms with Crippen LogP contribution in [0.5, 0.6) is 11.5 Å². The van der Waals surface area contributed by atoms with Gasteiger partial charge < -0.3 is 24.3 Å². The van der Waals surface area contributed by atoms with E-state index in [2.05, 4.69) is 10.1 Å². The normalized spacial score (nSPS) is 11.1.